The summed E-state index contributed by atoms with van der Waals surface area (Å²) in [5.74, 6) is 1.14. The Morgan fingerprint density at radius 2 is 1.85 bits per heavy atom. The highest BCUT2D eigenvalue weighted by Crippen LogP contribution is 2.32. The molecule has 1 aliphatic heterocycles. The predicted molar refractivity (Wildman–Crippen MR) is 87.7 cm³/mol. The third-order valence-electron chi connectivity index (χ3n) is 4.33. The van der Waals surface area contributed by atoms with Gasteiger partial charge in [0, 0.05) is 12.6 Å². The first-order valence-electron chi connectivity index (χ1n) is 7.40. The molecule has 1 atom stereocenters. The van der Waals surface area contributed by atoms with Crippen LogP contribution in [0.15, 0.2) is 18.2 Å². The fourth-order valence-electron chi connectivity index (χ4n) is 2.72. The quantitative estimate of drug-likeness (QED) is 0.904. The summed E-state index contributed by atoms with van der Waals surface area (Å²) in [7, 11) is 0. The average molecular weight is 315 g/mol. The van der Waals surface area contributed by atoms with Crippen LogP contribution in [0.5, 0.6) is 0 Å². The Morgan fingerprint density at radius 1 is 1.20 bits per heavy atom. The second-order valence-corrected chi connectivity index (χ2v) is 6.97. The Hall–Kier alpha value is -0.280. The van der Waals surface area contributed by atoms with E-state index in [4.69, 9.17) is 28.9 Å². The second kappa shape index (κ2) is 7.13. The maximum atomic E-state index is 6.16. The van der Waals surface area contributed by atoms with Gasteiger partial charge < -0.3 is 10.6 Å². The Labute approximate surface area is 132 Å². The van der Waals surface area contributed by atoms with E-state index in [9.17, 15) is 0 Å². The van der Waals surface area contributed by atoms with Crippen molar-refractivity contribution in [3.8, 4) is 0 Å². The topological polar surface area (TPSA) is 29.3 Å². The number of likely N-dealkylation sites (tertiary alicyclic amines) is 1. The lowest BCUT2D eigenvalue weighted by atomic mass is 9.89. The third-order valence-corrected chi connectivity index (χ3v) is 5.07. The molecule has 1 aromatic carbocycles. The van der Waals surface area contributed by atoms with E-state index in [1.54, 1.807) is 0 Å². The number of benzene rings is 1. The Morgan fingerprint density at radius 3 is 2.40 bits per heavy atom. The Kier molecular flexibility index (Phi) is 5.74. The van der Waals surface area contributed by atoms with Crippen LogP contribution in [0.4, 0.5) is 0 Å². The lowest BCUT2D eigenvalue weighted by molar-refractivity contribution is 0.189. The fourth-order valence-corrected chi connectivity index (χ4v) is 3.03. The van der Waals surface area contributed by atoms with Crippen LogP contribution in [0, 0.1) is 5.92 Å². The molecule has 1 saturated heterocycles. The minimum Gasteiger partial charge on any atom is -0.326 e. The van der Waals surface area contributed by atoms with E-state index in [2.05, 4.69) is 24.8 Å². The maximum absolute atomic E-state index is 6.16. The minimum atomic E-state index is 0.275. The molecule has 2 N–H and O–H groups in total. The summed E-state index contributed by atoms with van der Waals surface area (Å²) in [6.45, 7) is 7.61. The van der Waals surface area contributed by atoms with E-state index in [-0.39, 0.29) is 6.04 Å². The van der Waals surface area contributed by atoms with Crippen LogP contribution in [0.25, 0.3) is 0 Å². The lowest BCUT2D eigenvalue weighted by Crippen LogP contribution is -2.43. The van der Waals surface area contributed by atoms with Gasteiger partial charge in [-0.3, -0.25) is 0 Å². The van der Waals surface area contributed by atoms with Gasteiger partial charge in [0.1, 0.15) is 0 Å². The van der Waals surface area contributed by atoms with Gasteiger partial charge in [0.05, 0.1) is 10.0 Å². The number of hydrogen-bond donors (Lipinski definition) is 1. The van der Waals surface area contributed by atoms with Crippen molar-refractivity contribution in [3.05, 3.63) is 33.8 Å². The van der Waals surface area contributed by atoms with Gasteiger partial charge in [0.15, 0.2) is 0 Å². The van der Waals surface area contributed by atoms with Gasteiger partial charge in [0.25, 0.3) is 0 Å². The minimum absolute atomic E-state index is 0.275. The van der Waals surface area contributed by atoms with E-state index in [0.29, 0.717) is 21.9 Å². The van der Waals surface area contributed by atoms with Crippen molar-refractivity contribution in [3.63, 3.8) is 0 Å². The van der Waals surface area contributed by atoms with Gasteiger partial charge in [0.2, 0.25) is 0 Å². The summed E-state index contributed by atoms with van der Waals surface area (Å²) in [5.41, 5.74) is 7.47. The second-order valence-electron chi connectivity index (χ2n) is 6.16. The van der Waals surface area contributed by atoms with Crippen LogP contribution < -0.4 is 5.73 Å². The zero-order valence-corrected chi connectivity index (χ0v) is 13.8. The molecule has 0 spiro atoms. The molecule has 0 radical (unpaired) electrons. The lowest BCUT2D eigenvalue weighted by Gasteiger charge is -2.34. The normalized spacial score (nSPS) is 19.5. The number of halogens is 2. The Balaban J connectivity index is 1.89. The van der Waals surface area contributed by atoms with E-state index in [0.717, 1.165) is 19.6 Å². The average Bonchev–Trinajstić information content (AvgIpc) is 2.42. The van der Waals surface area contributed by atoms with E-state index in [1.165, 1.54) is 18.4 Å². The van der Waals surface area contributed by atoms with Crippen molar-refractivity contribution in [2.24, 2.45) is 11.7 Å². The van der Waals surface area contributed by atoms with Gasteiger partial charge in [-0.2, -0.15) is 0 Å². The van der Waals surface area contributed by atoms with Gasteiger partial charge >= 0.3 is 0 Å². The molecule has 1 aliphatic rings. The number of hydrogen-bond acceptors (Lipinski definition) is 2. The monoisotopic (exact) mass is 314 g/mol. The first kappa shape index (κ1) is 16.1. The molecule has 0 saturated carbocycles. The summed E-state index contributed by atoms with van der Waals surface area (Å²) in [6, 6.07) is 6.30. The van der Waals surface area contributed by atoms with Crippen molar-refractivity contribution in [2.75, 3.05) is 19.6 Å². The van der Waals surface area contributed by atoms with E-state index >= 15 is 0 Å². The van der Waals surface area contributed by atoms with Crippen molar-refractivity contribution < 1.29 is 0 Å². The highest BCUT2D eigenvalue weighted by atomic mass is 35.5. The smallest absolute Gasteiger partial charge is 0.0595 e. The van der Waals surface area contributed by atoms with E-state index in [1.807, 2.05) is 12.1 Å². The summed E-state index contributed by atoms with van der Waals surface area (Å²) in [5, 5.41) is 1.30. The summed E-state index contributed by atoms with van der Waals surface area (Å²) >= 11 is 12.1. The Bertz CT molecular complexity index is 440. The first-order valence-corrected chi connectivity index (χ1v) is 8.16. The summed E-state index contributed by atoms with van der Waals surface area (Å²) in [6.07, 6.45) is 2.34. The zero-order chi connectivity index (χ0) is 14.7. The molecular formula is C16H24Cl2N2. The number of rotatable bonds is 4. The predicted octanol–water partition coefficient (Wildman–Crippen LogP) is 4.16. The number of nitrogens with zero attached hydrogens (tertiary/aromatic N) is 1. The fraction of sp³-hybridized carbons (Fsp3) is 0.625. The number of nitrogens with two attached hydrogens (primary N) is 1. The van der Waals surface area contributed by atoms with Crippen LogP contribution in [-0.4, -0.2) is 30.6 Å². The molecule has 1 heterocycles. The summed E-state index contributed by atoms with van der Waals surface area (Å²) in [4.78, 5) is 2.48. The molecule has 2 rings (SSSR count). The SMILES string of the molecule is CC(C)[C@@H](N)CN1CCC(c2ccc(Cl)c(Cl)c2)CC1. The molecule has 2 nitrogen and oxygen atoms in total. The molecule has 112 valence electrons. The molecule has 20 heavy (non-hydrogen) atoms. The van der Waals surface area contributed by atoms with Crippen molar-refractivity contribution in [1.82, 2.24) is 4.90 Å². The van der Waals surface area contributed by atoms with Crippen molar-refractivity contribution >= 4 is 23.2 Å². The molecule has 4 heteroatoms. The maximum Gasteiger partial charge on any atom is 0.0595 e. The number of piperidine rings is 1. The van der Waals surface area contributed by atoms with Crippen molar-refractivity contribution in [1.29, 1.82) is 0 Å². The van der Waals surface area contributed by atoms with E-state index < -0.39 is 0 Å². The van der Waals surface area contributed by atoms with Gasteiger partial charge in [-0.1, -0.05) is 43.1 Å². The molecular weight excluding hydrogens is 291 g/mol. The first-order chi connectivity index (χ1) is 9.47. The van der Waals surface area contributed by atoms with Crippen molar-refractivity contribution in [2.45, 2.75) is 38.6 Å². The molecule has 0 amide bonds. The largest absolute Gasteiger partial charge is 0.326 e. The van der Waals surface area contributed by atoms with Crippen LogP contribution in [0.1, 0.15) is 38.2 Å². The molecule has 0 unspecified atom stereocenters. The van der Waals surface area contributed by atoms with Gasteiger partial charge in [-0.25, -0.2) is 0 Å². The van der Waals surface area contributed by atoms with Crippen LogP contribution in [0.2, 0.25) is 10.0 Å². The zero-order valence-electron chi connectivity index (χ0n) is 12.3. The molecule has 1 fully saturated rings. The molecule has 0 aliphatic carbocycles. The highest BCUT2D eigenvalue weighted by Gasteiger charge is 2.22. The van der Waals surface area contributed by atoms with Gasteiger partial charge in [-0.05, 0) is 55.5 Å². The van der Waals surface area contributed by atoms with Crippen LogP contribution in [0.3, 0.4) is 0 Å². The standard InChI is InChI=1S/C16H24Cl2N2/c1-11(2)16(19)10-20-7-5-12(6-8-20)13-3-4-14(17)15(18)9-13/h3-4,9,11-12,16H,5-8,10,19H2,1-2H3/t16-/m0/s1. The molecule has 0 aromatic heterocycles. The summed E-state index contributed by atoms with van der Waals surface area (Å²) < 4.78 is 0. The highest BCUT2D eigenvalue weighted by molar-refractivity contribution is 6.42. The molecule has 1 aromatic rings. The third kappa shape index (κ3) is 4.11. The van der Waals surface area contributed by atoms with Crippen LogP contribution >= 0.6 is 23.2 Å². The van der Waals surface area contributed by atoms with Gasteiger partial charge in [-0.15, -0.1) is 0 Å². The molecule has 0 bridgehead atoms. The van der Waals surface area contributed by atoms with Crippen LogP contribution in [-0.2, 0) is 0 Å².